The number of nitrogens with zero attached hydrogens (tertiary/aromatic N) is 4. The Bertz CT molecular complexity index is 1310. The Kier molecular flexibility index (Phi) is 5.01. The van der Waals surface area contributed by atoms with Gasteiger partial charge in [0.25, 0.3) is 11.8 Å². The number of amides is 2. The average Bonchev–Trinajstić information content (AvgIpc) is 3.56. The quantitative estimate of drug-likeness (QED) is 0.510. The maximum absolute atomic E-state index is 14.1. The van der Waals surface area contributed by atoms with Crippen molar-refractivity contribution >= 4 is 34.1 Å². The third kappa shape index (κ3) is 3.36. The summed E-state index contributed by atoms with van der Waals surface area (Å²) in [6.45, 7) is 4.09. The van der Waals surface area contributed by atoms with Crippen LogP contribution in [0, 0.1) is 12.7 Å². The predicted octanol–water partition coefficient (Wildman–Crippen LogP) is 3.56. The minimum atomic E-state index is -0.498. The van der Waals surface area contributed by atoms with Crippen LogP contribution < -0.4 is 5.32 Å². The number of para-hydroxylation sites is 1. The standard InChI is InChI=1S/C22H20FN5O3S/c1-12-15-4-3-5-16(23)19(15)31-18(12)21(30)27-8-6-17(13(27)2)26-20(29)14-10-25-28(11-14)22-24-7-9-32-22/h3-5,7,9-11,13,17H,6,8H2,1-2H3,(H,26,29)/t13-,17-/m1/s1. The second-order valence-corrected chi connectivity index (χ2v) is 8.64. The molecule has 0 radical (unpaired) electrons. The molecule has 0 spiro atoms. The molecule has 4 aromatic rings. The van der Waals surface area contributed by atoms with Gasteiger partial charge in [-0.2, -0.15) is 5.10 Å². The van der Waals surface area contributed by atoms with Crippen LogP contribution in [0.15, 0.2) is 46.6 Å². The zero-order valence-electron chi connectivity index (χ0n) is 17.4. The smallest absolute Gasteiger partial charge is 0.290 e. The fraction of sp³-hybridized carbons (Fsp3) is 0.273. The van der Waals surface area contributed by atoms with E-state index in [-0.39, 0.29) is 35.2 Å². The first-order chi connectivity index (χ1) is 15.4. The number of fused-ring (bicyclic) bond motifs is 1. The number of thiazole rings is 1. The van der Waals surface area contributed by atoms with E-state index in [1.807, 2.05) is 12.3 Å². The van der Waals surface area contributed by atoms with E-state index >= 15 is 0 Å². The molecule has 0 aliphatic carbocycles. The molecule has 1 fully saturated rings. The first-order valence-electron chi connectivity index (χ1n) is 10.2. The van der Waals surface area contributed by atoms with Crippen molar-refractivity contribution in [3.05, 3.63) is 64.9 Å². The Balaban J connectivity index is 1.30. The van der Waals surface area contributed by atoms with Gasteiger partial charge in [-0.3, -0.25) is 9.59 Å². The van der Waals surface area contributed by atoms with Crippen LogP contribution in [-0.4, -0.2) is 50.1 Å². The summed E-state index contributed by atoms with van der Waals surface area (Å²) < 4.78 is 21.2. The predicted molar refractivity (Wildman–Crippen MR) is 117 cm³/mol. The van der Waals surface area contributed by atoms with Gasteiger partial charge in [0.1, 0.15) is 0 Å². The van der Waals surface area contributed by atoms with Crippen molar-refractivity contribution in [1.29, 1.82) is 0 Å². The minimum absolute atomic E-state index is 0.0855. The van der Waals surface area contributed by atoms with E-state index in [0.29, 0.717) is 34.6 Å². The van der Waals surface area contributed by atoms with Gasteiger partial charge in [0.15, 0.2) is 17.2 Å². The molecule has 0 unspecified atom stereocenters. The normalized spacial score (nSPS) is 18.4. The Morgan fingerprint density at radius 2 is 2.19 bits per heavy atom. The monoisotopic (exact) mass is 453 g/mol. The van der Waals surface area contributed by atoms with Crippen LogP contribution in [0.25, 0.3) is 16.1 Å². The summed E-state index contributed by atoms with van der Waals surface area (Å²) in [5.41, 5.74) is 1.11. The summed E-state index contributed by atoms with van der Waals surface area (Å²) >= 11 is 1.42. The average molecular weight is 453 g/mol. The fourth-order valence-electron chi connectivity index (χ4n) is 4.09. The first-order valence-corrected chi connectivity index (χ1v) is 11.1. The van der Waals surface area contributed by atoms with Crippen molar-refractivity contribution in [3.8, 4) is 5.13 Å². The highest BCUT2D eigenvalue weighted by molar-refractivity contribution is 7.12. The molecule has 32 heavy (non-hydrogen) atoms. The highest BCUT2D eigenvalue weighted by atomic mass is 32.1. The molecule has 1 N–H and O–H groups in total. The molecule has 1 aliphatic rings. The molecule has 3 aromatic heterocycles. The minimum Gasteiger partial charge on any atom is -0.448 e. The van der Waals surface area contributed by atoms with Crippen molar-refractivity contribution in [2.24, 2.45) is 0 Å². The van der Waals surface area contributed by atoms with Gasteiger partial charge in [-0.1, -0.05) is 12.1 Å². The van der Waals surface area contributed by atoms with Crippen molar-refractivity contribution in [2.45, 2.75) is 32.4 Å². The molecule has 10 heteroatoms. The van der Waals surface area contributed by atoms with Crippen LogP contribution in [-0.2, 0) is 0 Å². The van der Waals surface area contributed by atoms with Crippen molar-refractivity contribution in [2.75, 3.05) is 6.54 Å². The lowest BCUT2D eigenvalue weighted by molar-refractivity contribution is 0.0699. The number of benzene rings is 1. The number of furan rings is 1. The highest BCUT2D eigenvalue weighted by Gasteiger charge is 2.37. The highest BCUT2D eigenvalue weighted by Crippen LogP contribution is 2.30. The summed E-state index contributed by atoms with van der Waals surface area (Å²) in [6.07, 6.45) is 5.40. The number of carbonyl (C=O) groups is 2. The van der Waals surface area contributed by atoms with E-state index < -0.39 is 5.82 Å². The summed E-state index contributed by atoms with van der Waals surface area (Å²) in [5.74, 6) is -0.934. The molecule has 1 aromatic carbocycles. The Hall–Kier alpha value is -3.53. The van der Waals surface area contributed by atoms with Gasteiger partial charge < -0.3 is 14.6 Å². The van der Waals surface area contributed by atoms with Crippen molar-refractivity contribution in [3.63, 3.8) is 0 Å². The Morgan fingerprint density at radius 3 is 2.94 bits per heavy atom. The lowest BCUT2D eigenvalue weighted by Gasteiger charge is -2.24. The summed E-state index contributed by atoms with van der Waals surface area (Å²) in [7, 11) is 0. The van der Waals surface area contributed by atoms with E-state index in [2.05, 4.69) is 15.4 Å². The first kappa shape index (κ1) is 20.4. The Morgan fingerprint density at radius 1 is 1.34 bits per heavy atom. The summed E-state index contributed by atoms with van der Waals surface area (Å²) in [5, 5.41) is 10.3. The summed E-state index contributed by atoms with van der Waals surface area (Å²) in [6, 6.07) is 4.15. The summed E-state index contributed by atoms with van der Waals surface area (Å²) in [4.78, 5) is 31.7. The molecule has 1 saturated heterocycles. The van der Waals surface area contributed by atoms with Crippen LogP contribution in [0.1, 0.15) is 39.8 Å². The van der Waals surface area contributed by atoms with Gasteiger partial charge in [0, 0.05) is 41.3 Å². The van der Waals surface area contributed by atoms with E-state index in [1.54, 1.807) is 41.0 Å². The molecule has 4 heterocycles. The number of hydrogen-bond donors (Lipinski definition) is 1. The van der Waals surface area contributed by atoms with E-state index in [9.17, 15) is 14.0 Å². The molecule has 5 rings (SSSR count). The Labute approximate surface area is 186 Å². The van der Waals surface area contributed by atoms with Crippen LogP contribution in [0.4, 0.5) is 4.39 Å². The lowest BCUT2D eigenvalue weighted by Crippen LogP contribution is -2.45. The van der Waals surface area contributed by atoms with Gasteiger partial charge in [0.05, 0.1) is 17.8 Å². The number of halogens is 1. The lowest BCUT2D eigenvalue weighted by atomic mass is 10.1. The second-order valence-electron chi connectivity index (χ2n) is 7.77. The molecule has 8 nitrogen and oxygen atoms in total. The van der Waals surface area contributed by atoms with Crippen LogP contribution in [0.3, 0.4) is 0 Å². The van der Waals surface area contributed by atoms with Gasteiger partial charge >= 0.3 is 0 Å². The molecule has 2 atom stereocenters. The molecule has 0 saturated carbocycles. The van der Waals surface area contributed by atoms with Gasteiger partial charge in [-0.15, -0.1) is 11.3 Å². The zero-order valence-corrected chi connectivity index (χ0v) is 18.2. The molecular weight excluding hydrogens is 433 g/mol. The number of aromatic nitrogens is 3. The fourth-order valence-corrected chi connectivity index (χ4v) is 4.66. The molecule has 1 aliphatic heterocycles. The maximum atomic E-state index is 14.1. The third-order valence-corrected chi connectivity index (χ3v) is 6.66. The van der Waals surface area contributed by atoms with E-state index in [0.717, 1.165) is 0 Å². The van der Waals surface area contributed by atoms with Crippen LogP contribution >= 0.6 is 11.3 Å². The van der Waals surface area contributed by atoms with Crippen molar-refractivity contribution in [1.82, 2.24) is 25.0 Å². The van der Waals surface area contributed by atoms with Gasteiger partial charge in [0.2, 0.25) is 5.13 Å². The molecule has 164 valence electrons. The number of likely N-dealkylation sites (tertiary alicyclic amines) is 1. The number of carbonyl (C=O) groups excluding carboxylic acids is 2. The SMILES string of the molecule is Cc1c(C(=O)N2CC[C@@H](NC(=O)c3cnn(-c4nccs4)c3)[C@H]2C)oc2c(F)cccc12. The zero-order chi connectivity index (χ0) is 22.4. The molecular formula is C22H20FN5O3S. The largest absolute Gasteiger partial charge is 0.448 e. The van der Waals surface area contributed by atoms with Crippen LogP contribution in [0.5, 0.6) is 0 Å². The molecule has 2 amide bonds. The maximum Gasteiger partial charge on any atom is 0.290 e. The van der Waals surface area contributed by atoms with Gasteiger partial charge in [-0.25, -0.2) is 14.1 Å². The second kappa shape index (κ2) is 7.86. The van der Waals surface area contributed by atoms with Crippen molar-refractivity contribution < 1.29 is 18.4 Å². The van der Waals surface area contributed by atoms with Crippen LogP contribution in [0.2, 0.25) is 0 Å². The number of aryl methyl sites for hydroxylation is 1. The topological polar surface area (TPSA) is 93.3 Å². The number of nitrogens with one attached hydrogen (secondary N) is 1. The third-order valence-electron chi connectivity index (χ3n) is 5.90. The van der Waals surface area contributed by atoms with E-state index in [4.69, 9.17) is 4.42 Å². The number of rotatable bonds is 4. The van der Waals surface area contributed by atoms with Gasteiger partial charge in [-0.05, 0) is 26.3 Å². The molecule has 0 bridgehead atoms. The van der Waals surface area contributed by atoms with E-state index in [1.165, 1.54) is 23.6 Å². The number of hydrogen-bond acceptors (Lipinski definition) is 6.